The number of rotatable bonds is 6. The number of thioether (sulfide) groups is 1. The predicted molar refractivity (Wildman–Crippen MR) is 127 cm³/mol. The molecule has 4 rings (SSSR count). The van der Waals surface area contributed by atoms with Crippen molar-refractivity contribution in [3.8, 4) is 18.2 Å². The molecular formula is C23H20F4N6OS. The van der Waals surface area contributed by atoms with Gasteiger partial charge in [-0.05, 0) is 32.4 Å². The van der Waals surface area contributed by atoms with Gasteiger partial charge in [0.1, 0.15) is 5.52 Å². The second-order valence-corrected chi connectivity index (χ2v) is 9.84. The van der Waals surface area contributed by atoms with E-state index in [1.165, 1.54) is 32.3 Å². The van der Waals surface area contributed by atoms with Crippen molar-refractivity contribution in [3.05, 3.63) is 47.8 Å². The standard InChI is InChI=1S/C23H20F4N6OS/c1-4-7-34-16-10-30-18-15(32-16)5-6-29-19(18)31-12-8-13(17(25)14(24)9-12)22(2)11-23(3,20(26)27)35-21(28)33-22/h1,5-6,8-10,20H,7,11H2,2-3H3,(H2,28,33)(H,29,31)/t22-,23+/m0/s1. The van der Waals surface area contributed by atoms with Gasteiger partial charge in [-0.15, -0.1) is 6.42 Å². The molecule has 0 unspecified atom stereocenters. The summed E-state index contributed by atoms with van der Waals surface area (Å²) in [5.41, 5.74) is 4.93. The highest BCUT2D eigenvalue weighted by Gasteiger charge is 2.48. The number of hydrogen-bond acceptors (Lipinski definition) is 8. The van der Waals surface area contributed by atoms with Crippen molar-refractivity contribution in [3.63, 3.8) is 0 Å². The first kappa shape index (κ1) is 24.5. The summed E-state index contributed by atoms with van der Waals surface area (Å²) >= 11 is 0.718. The van der Waals surface area contributed by atoms with Gasteiger partial charge in [0.2, 0.25) is 5.88 Å². The summed E-state index contributed by atoms with van der Waals surface area (Å²) in [6, 6.07) is 3.82. The maximum atomic E-state index is 15.0. The van der Waals surface area contributed by atoms with E-state index >= 15 is 0 Å². The fraction of sp³-hybridized carbons (Fsp3) is 0.304. The molecule has 0 saturated heterocycles. The molecule has 3 N–H and O–H groups in total. The number of aromatic nitrogens is 3. The third-order valence-corrected chi connectivity index (χ3v) is 6.55. The molecule has 1 aliphatic rings. The molecule has 1 aliphatic heterocycles. The minimum absolute atomic E-state index is 0.0168. The van der Waals surface area contributed by atoms with Crippen LogP contribution in [0, 0.1) is 24.0 Å². The third kappa shape index (κ3) is 4.81. The van der Waals surface area contributed by atoms with E-state index in [2.05, 4.69) is 31.2 Å². The van der Waals surface area contributed by atoms with Crippen LogP contribution in [0.3, 0.4) is 0 Å². The van der Waals surface area contributed by atoms with Crippen LogP contribution in [-0.2, 0) is 5.54 Å². The van der Waals surface area contributed by atoms with Crippen molar-refractivity contribution in [2.45, 2.75) is 37.0 Å². The highest BCUT2D eigenvalue weighted by atomic mass is 32.2. The van der Waals surface area contributed by atoms with E-state index in [9.17, 15) is 17.6 Å². The van der Waals surface area contributed by atoms with Gasteiger partial charge in [-0.25, -0.2) is 32.5 Å². The molecule has 12 heteroatoms. The zero-order chi connectivity index (χ0) is 25.4. The smallest absolute Gasteiger partial charge is 0.253 e. The summed E-state index contributed by atoms with van der Waals surface area (Å²) in [4.78, 5) is 17.0. The molecule has 2 aromatic heterocycles. The van der Waals surface area contributed by atoms with E-state index in [-0.39, 0.29) is 41.1 Å². The molecule has 35 heavy (non-hydrogen) atoms. The molecule has 0 saturated carbocycles. The zero-order valence-corrected chi connectivity index (χ0v) is 19.5. The van der Waals surface area contributed by atoms with Crippen molar-refractivity contribution in [2.24, 2.45) is 10.7 Å². The monoisotopic (exact) mass is 504 g/mol. The van der Waals surface area contributed by atoms with Crippen molar-refractivity contribution in [1.29, 1.82) is 0 Å². The Morgan fingerprint density at radius 1 is 1.29 bits per heavy atom. The molecule has 0 spiro atoms. The Morgan fingerprint density at radius 2 is 2.06 bits per heavy atom. The highest BCUT2D eigenvalue weighted by molar-refractivity contribution is 8.15. The lowest BCUT2D eigenvalue weighted by Crippen LogP contribution is -2.44. The maximum absolute atomic E-state index is 15.0. The average Bonchev–Trinajstić information content (AvgIpc) is 2.79. The van der Waals surface area contributed by atoms with Crippen LogP contribution >= 0.6 is 11.8 Å². The van der Waals surface area contributed by atoms with E-state index in [1.807, 2.05) is 0 Å². The van der Waals surface area contributed by atoms with Gasteiger partial charge < -0.3 is 15.8 Å². The molecule has 2 atom stereocenters. The molecule has 3 aromatic rings. The lowest BCUT2D eigenvalue weighted by Gasteiger charge is -2.40. The Labute approximate surface area is 202 Å². The number of terminal acetylenes is 1. The Morgan fingerprint density at radius 3 is 2.77 bits per heavy atom. The first-order valence-electron chi connectivity index (χ1n) is 10.3. The van der Waals surface area contributed by atoms with Crippen molar-refractivity contribution < 1.29 is 22.3 Å². The number of pyridine rings is 1. The van der Waals surface area contributed by atoms with Gasteiger partial charge >= 0.3 is 0 Å². The van der Waals surface area contributed by atoms with E-state index in [0.29, 0.717) is 11.0 Å². The summed E-state index contributed by atoms with van der Waals surface area (Å²) in [6.07, 6.45) is 4.96. The van der Waals surface area contributed by atoms with E-state index < -0.39 is 28.3 Å². The second kappa shape index (κ2) is 9.22. The summed E-state index contributed by atoms with van der Waals surface area (Å²) in [6.45, 7) is 2.78. The van der Waals surface area contributed by atoms with Crippen LogP contribution < -0.4 is 15.8 Å². The van der Waals surface area contributed by atoms with Gasteiger partial charge in [0.25, 0.3) is 6.43 Å². The molecular weight excluding hydrogens is 484 g/mol. The molecule has 7 nitrogen and oxygen atoms in total. The number of anilines is 2. The summed E-state index contributed by atoms with van der Waals surface area (Å²) in [7, 11) is 0. The van der Waals surface area contributed by atoms with Crippen LogP contribution in [0.4, 0.5) is 29.1 Å². The number of alkyl halides is 2. The first-order chi connectivity index (χ1) is 16.5. The van der Waals surface area contributed by atoms with Crippen LogP contribution in [0.25, 0.3) is 11.0 Å². The Kier molecular flexibility index (Phi) is 6.46. The van der Waals surface area contributed by atoms with Crippen molar-refractivity contribution >= 4 is 39.5 Å². The maximum Gasteiger partial charge on any atom is 0.253 e. The lowest BCUT2D eigenvalue weighted by molar-refractivity contribution is 0.0892. The Balaban J connectivity index is 1.74. The SMILES string of the molecule is C#CCOc1cnc2c(Nc3cc(F)c(F)c([C@]4(C)C[C@](C)(C(F)F)SC(N)=N4)c3)nccc2n1. The Bertz CT molecular complexity index is 1360. The second-order valence-electron chi connectivity index (χ2n) is 8.29. The fourth-order valence-corrected chi connectivity index (χ4v) is 5.10. The average molecular weight is 505 g/mol. The molecule has 0 radical (unpaired) electrons. The van der Waals surface area contributed by atoms with E-state index in [4.69, 9.17) is 16.9 Å². The summed E-state index contributed by atoms with van der Waals surface area (Å²) in [5, 5.41) is 2.77. The molecule has 1 aromatic carbocycles. The van der Waals surface area contributed by atoms with Gasteiger partial charge in [-0.2, -0.15) is 0 Å². The number of amidine groups is 1. The minimum atomic E-state index is -2.76. The first-order valence-corrected chi connectivity index (χ1v) is 11.1. The molecule has 182 valence electrons. The molecule has 0 amide bonds. The number of benzene rings is 1. The number of nitrogens with zero attached hydrogens (tertiary/aromatic N) is 4. The van der Waals surface area contributed by atoms with Crippen LogP contribution in [-0.4, -0.2) is 37.9 Å². The topological polar surface area (TPSA) is 98.3 Å². The van der Waals surface area contributed by atoms with Crippen LogP contribution in [0.1, 0.15) is 25.8 Å². The van der Waals surface area contributed by atoms with Gasteiger partial charge in [-0.3, -0.25) is 4.99 Å². The van der Waals surface area contributed by atoms with Crippen molar-refractivity contribution in [2.75, 3.05) is 11.9 Å². The van der Waals surface area contributed by atoms with Gasteiger partial charge in [0, 0.05) is 23.5 Å². The summed E-state index contributed by atoms with van der Waals surface area (Å²) in [5.74, 6) is 0.364. The number of nitrogens with two attached hydrogens (primary N) is 1. The number of hydrogen-bond donors (Lipinski definition) is 2. The number of halogens is 4. The van der Waals surface area contributed by atoms with E-state index in [1.54, 1.807) is 6.07 Å². The van der Waals surface area contributed by atoms with Gasteiger partial charge in [-0.1, -0.05) is 17.7 Å². The highest BCUT2D eigenvalue weighted by Crippen LogP contribution is 2.49. The largest absolute Gasteiger partial charge is 0.463 e. The molecule has 0 fully saturated rings. The molecule has 0 bridgehead atoms. The van der Waals surface area contributed by atoms with Crippen molar-refractivity contribution in [1.82, 2.24) is 15.0 Å². The van der Waals surface area contributed by atoms with Gasteiger partial charge in [0.15, 0.2) is 29.2 Å². The predicted octanol–water partition coefficient (Wildman–Crippen LogP) is 4.75. The van der Waals surface area contributed by atoms with Gasteiger partial charge in [0.05, 0.1) is 22.0 Å². The zero-order valence-electron chi connectivity index (χ0n) is 18.7. The van der Waals surface area contributed by atoms with Crippen LogP contribution in [0.15, 0.2) is 35.6 Å². The lowest BCUT2D eigenvalue weighted by atomic mass is 9.82. The van der Waals surface area contributed by atoms with E-state index in [0.717, 1.165) is 17.8 Å². The normalized spacial score (nSPS) is 22.1. The number of aliphatic imine (C=N–C) groups is 1. The fourth-order valence-electron chi connectivity index (χ4n) is 3.94. The minimum Gasteiger partial charge on any atom is -0.463 e. The third-order valence-electron chi connectivity index (χ3n) is 5.46. The number of fused-ring (bicyclic) bond motifs is 1. The number of nitrogens with one attached hydrogen (secondary N) is 1. The quantitative estimate of drug-likeness (QED) is 0.369. The Hall–Kier alpha value is -3.59. The van der Waals surface area contributed by atoms with Crippen LogP contribution in [0.5, 0.6) is 5.88 Å². The number of ether oxygens (including phenoxy) is 1. The molecule has 3 heterocycles. The summed E-state index contributed by atoms with van der Waals surface area (Å²) < 4.78 is 60.8. The molecule has 0 aliphatic carbocycles. The van der Waals surface area contributed by atoms with Crippen LogP contribution in [0.2, 0.25) is 0 Å².